The molecule has 17 heavy (non-hydrogen) atoms. The largest absolute Gasteiger partial charge is 0.481 e. The van der Waals surface area contributed by atoms with Crippen molar-refractivity contribution < 1.29 is 9.90 Å². The van der Waals surface area contributed by atoms with Crippen LogP contribution in [0.1, 0.15) is 24.8 Å². The van der Waals surface area contributed by atoms with E-state index in [0.717, 1.165) is 29.5 Å². The number of aliphatic carboxylic acids is 1. The van der Waals surface area contributed by atoms with E-state index in [0.29, 0.717) is 0 Å². The van der Waals surface area contributed by atoms with E-state index in [4.69, 9.17) is 5.11 Å². The van der Waals surface area contributed by atoms with Crippen molar-refractivity contribution >= 4 is 27.6 Å². The summed E-state index contributed by atoms with van der Waals surface area (Å²) in [4.78, 5) is 13.0. The van der Waals surface area contributed by atoms with Crippen LogP contribution in [0.5, 0.6) is 0 Å². The van der Waals surface area contributed by atoms with Gasteiger partial charge in [0.1, 0.15) is 0 Å². The predicted octanol–water partition coefficient (Wildman–Crippen LogP) is 3.20. The van der Waals surface area contributed by atoms with E-state index in [1.54, 1.807) is 0 Å². The molecule has 0 bridgehead atoms. The smallest absolute Gasteiger partial charge is 0.305 e. The van der Waals surface area contributed by atoms with Crippen LogP contribution in [-0.2, 0) is 4.79 Å². The van der Waals surface area contributed by atoms with Crippen LogP contribution in [0.15, 0.2) is 22.7 Å². The summed E-state index contributed by atoms with van der Waals surface area (Å²) in [7, 11) is 0. The molecule has 1 saturated heterocycles. The molecule has 0 aromatic heterocycles. The Morgan fingerprint density at radius 2 is 2.35 bits per heavy atom. The fourth-order valence-corrected chi connectivity index (χ4v) is 2.72. The van der Waals surface area contributed by atoms with Gasteiger partial charge in [0, 0.05) is 22.7 Å². The molecular weight excluding hydrogens is 282 g/mol. The van der Waals surface area contributed by atoms with Crippen molar-refractivity contribution in [1.29, 1.82) is 0 Å². The van der Waals surface area contributed by atoms with Crippen molar-refractivity contribution in [3.05, 3.63) is 28.2 Å². The number of halogens is 1. The minimum Gasteiger partial charge on any atom is -0.481 e. The molecule has 1 unspecified atom stereocenters. The van der Waals surface area contributed by atoms with E-state index >= 15 is 0 Å². The highest BCUT2D eigenvalue weighted by atomic mass is 79.9. The summed E-state index contributed by atoms with van der Waals surface area (Å²) in [6, 6.07) is 6.35. The van der Waals surface area contributed by atoms with Gasteiger partial charge in [-0.05, 0) is 37.5 Å². The Kier molecular flexibility index (Phi) is 3.72. The molecule has 2 rings (SSSR count). The summed E-state index contributed by atoms with van der Waals surface area (Å²) in [5, 5.41) is 8.90. The SMILES string of the molecule is Cc1ccc(N2CCCC2CC(=O)O)cc1Br. The monoisotopic (exact) mass is 297 g/mol. The number of carboxylic acid groups (broad SMARTS) is 1. The number of hydrogen-bond donors (Lipinski definition) is 1. The molecule has 0 radical (unpaired) electrons. The van der Waals surface area contributed by atoms with Crippen LogP contribution in [0.2, 0.25) is 0 Å². The van der Waals surface area contributed by atoms with Gasteiger partial charge in [0.2, 0.25) is 0 Å². The van der Waals surface area contributed by atoms with Gasteiger partial charge < -0.3 is 10.0 Å². The Morgan fingerprint density at radius 3 is 3.00 bits per heavy atom. The van der Waals surface area contributed by atoms with Gasteiger partial charge in [0.05, 0.1) is 6.42 Å². The first-order chi connectivity index (χ1) is 8.08. The number of carbonyl (C=O) groups is 1. The van der Waals surface area contributed by atoms with Crippen LogP contribution in [0.25, 0.3) is 0 Å². The molecule has 1 aliphatic heterocycles. The molecule has 1 N–H and O–H groups in total. The van der Waals surface area contributed by atoms with Gasteiger partial charge in [-0.1, -0.05) is 22.0 Å². The van der Waals surface area contributed by atoms with Crippen LogP contribution >= 0.6 is 15.9 Å². The number of aryl methyl sites for hydroxylation is 1. The summed E-state index contributed by atoms with van der Waals surface area (Å²) >= 11 is 3.52. The Morgan fingerprint density at radius 1 is 1.59 bits per heavy atom. The van der Waals surface area contributed by atoms with Crippen LogP contribution in [0, 0.1) is 6.92 Å². The predicted molar refractivity (Wildman–Crippen MR) is 71.5 cm³/mol. The number of nitrogens with zero attached hydrogens (tertiary/aromatic N) is 1. The molecule has 0 aliphatic carbocycles. The Bertz CT molecular complexity index is 433. The van der Waals surface area contributed by atoms with Crippen molar-refractivity contribution in [3.63, 3.8) is 0 Å². The highest BCUT2D eigenvalue weighted by molar-refractivity contribution is 9.10. The van der Waals surface area contributed by atoms with E-state index in [2.05, 4.69) is 39.0 Å². The molecule has 4 heteroatoms. The molecule has 0 amide bonds. The first kappa shape index (κ1) is 12.4. The summed E-state index contributed by atoms with van der Waals surface area (Å²) in [5.74, 6) is -0.715. The molecule has 1 aliphatic rings. The van der Waals surface area contributed by atoms with Crippen molar-refractivity contribution in [2.45, 2.75) is 32.2 Å². The second-order valence-corrected chi connectivity index (χ2v) is 5.38. The first-order valence-electron chi connectivity index (χ1n) is 5.82. The average molecular weight is 298 g/mol. The summed E-state index contributed by atoms with van der Waals surface area (Å²) < 4.78 is 1.08. The number of rotatable bonds is 3. The fourth-order valence-electron chi connectivity index (χ4n) is 2.35. The molecule has 1 aromatic rings. The van der Waals surface area contributed by atoms with Crippen LogP contribution in [0.3, 0.4) is 0 Å². The molecule has 1 fully saturated rings. The quantitative estimate of drug-likeness (QED) is 0.931. The Labute approximate surface area is 110 Å². The third-order valence-electron chi connectivity index (χ3n) is 3.27. The van der Waals surface area contributed by atoms with Gasteiger partial charge in [-0.15, -0.1) is 0 Å². The normalized spacial score (nSPS) is 19.6. The fraction of sp³-hybridized carbons (Fsp3) is 0.462. The lowest BCUT2D eigenvalue weighted by Crippen LogP contribution is -2.31. The topological polar surface area (TPSA) is 40.5 Å². The van der Waals surface area contributed by atoms with E-state index in [1.165, 1.54) is 5.56 Å². The first-order valence-corrected chi connectivity index (χ1v) is 6.62. The minimum absolute atomic E-state index is 0.141. The van der Waals surface area contributed by atoms with E-state index in [-0.39, 0.29) is 12.5 Å². The molecule has 92 valence electrons. The second-order valence-electron chi connectivity index (χ2n) is 4.52. The van der Waals surface area contributed by atoms with Crippen LogP contribution in [-0.4, -0.2) is 23.7 Å². The van der Waals surface area contributed by atoms with Crippen molar-refractivity contribution in [2.75, 3.05) is 11.4 Å². The van der Waals surface area contributed by atoms with E-state index in [1.807, 2.05) is 6.92 Å². The number of carboxylic acids is 1. The molecular formula is C13H16BrNO2. The Hall–Kier alpha value is -1.03. The van der Waals surface area contributed by atoms with Gasteiger partial charge in [0.15, 0.2) is 0 Å². The number of hydrogen-bond acceptors (Lipinski definition) is 2. The van der Waals surface area contributed by atoms with E-state index < -0.39 is 5.97 Å². The minimum atomic E-state index is -0.715. The van der Waals surface area contributed by atoms with Gasteiger partial charge in [-0.25, -0.2) is 0 Å². The lowest BCUT2D eigenvalue weighted by atomic mass is 10.1. The van der Waals surface area contributed by atoms with Crippen molar-refractivity contribution in [3.8, 4) is 0 Å². The number of anilines is 1. The molecule has 0 spiro atoms. The maximum Gasteiger partial charge on any atom is 0.305 e. The third kappa shape index (κ3) is 2.80. The molecule has 1 aromatic carbocycles. The molecule has 1 heterocycles. The highest BCUT2D eigenvalue weighted by Gasteiger charge is 2.26. The lowest BCUT2D eigenvalue weighted by Gasteiger charge is -2.26. The summed E-state index contributed by atoms with van der Waals surface area (Å²) in [5.41, 5.74) is 2.31. The van der Waals surface area contributed by atoms with Crippen molar-refractivity contribution in [2.24, 2.45) is 0 Å². The third-order valence-corrected chi connectivity index (χ3v) is 4.13. The zero-order valence-electron chi connectivity index (χ0n) is 9.82. The standard InChI is InChI=1S/C13H16BrNO2/c1-9-4-5-11(7-12(9)14)15-6-2-3-10(15)8-13(16)17/h4-5,7,10H,2-3,6,8H2,1H3,(H,16,17). The number of benzene rings is 1. The molecule has 3 nitrogen and oxygen atoms in total. The maximum absolute atomic E-state index is 10.8. The molecule has 1 atom stereocenters. The average Bonchev–Trinajstić information content (AvgIpc) is 2.69. The van der Waals surface area contributed by atoms with Crippen LogP contribution < -0.4 is 4.90 Å². The maximum atomic E-state index is 10.8. The zero-order chi connectivity index (χ0) is 12.4. The summed E-state index contributed by atoms with van der Waals surface area (Å²) in [6.45, 7) is 3.00. The lowest BCUT2D eigenvalue weighted by molar-refractivity contribution is -0.137. The second kappa shape index (κ2) is 5.08. The van der Waals surface area contributed by atoms with Crippen molar-refractivity contribution in [1.82, 2.24) is 0 Å². The van der Waals surface area contributed by atoms with E-state index in [9.17, 15) is 4.79 Å². The van der Waals surface area contributed by atoms with Gasteiger partial charge in [-0.3, -0.25) is 4.79 Å². The van der Waals surface area contributed by atoms with Crippen LogP contribution in [0.4, 0.5) is 5.69 Å². The van der Waals surface area contributed by atoms with Gasteiger partial charge in [0.25, 0.3) is 0 Å². The zero-order valence-corrected chi connectivity index (χ0v) is 11.4. The highest BCUT2D eigenvalue weighted by Crippen LogP contribution is 2.30. The van der Waals surface area contributed by atoms with Gasteiger partial charge >= 0.3 is 5.97 Å². The Balaban J connectivity index is 2.20. The summed E-state index contributed by atoms with van der Waals surface area (Å²) in [6.07, 6.45) is 2.27. The molecule has 0 saturated carbocycles. The van der Waals surface area contributed by atoms with Gasteiger partial charge in [-0.2, -0.15) is 0 Å².